The largest absolute Gasteiger partial charge is 0.369 e. The van der Waals surface area contributed by atoms with Crippen LogP contribution in [0.2, 0.25) is 0 Å². The van der Waals surface area contributed by atoms with Gasteiger partial charge in [0.25, 0.3) is 5.91 Å². The number of rotatable bonds is 2. The molecule has 1 saturated heterocycles. The fourth-order valence-corrected chi connectivity index (χ4v) is 1.78. The minimum atomic E-state index is -0.753. The molecule has 1 heterocycles. The Hall–Kier alpha value is -0.940. The van der Waals surface area contributed by atoms with E-state index >= 15 is 0 Å². The Bertz CT molecular complexity index is 263. The second-order valence-electron chi connectivity index (χ2n) is 4.23. The Labute approximate surface area is 83.5 Å². The third-order valence-corrected chi connectivity index (χ3v) is 2.46. The van der Waals surface area contributed by atoms with Crippen molar-refractivity contribution in [3.05, 3.63) is 0 Å². The number of hydrogen-bond donors (Lipinski definition) is 1. The van der Waals surface area contributed by atoms with E-state index in [1.54, 1.807) is 0 Å². The molecule has 14 heavy (non-hydrogen) atoms. The van der Waals surface area contributed by atoms with Crippen LogP contribution in [0, 0.1) is 0 Å². The molecular formula is C9H17N2O3+. The van der Waals surface area contributed by atoms with E-state index in [0.717, 1.165) is 0 Å². The topological polar surface area (TPSA) is 57.6 Å². The van der Waals surface area contributed by atoms with Crippen LogP contribution in [0.15, 0.2) is 0 Å². The molecule has 1 fully saturated rings. The van der Waals surface area contributed by atoms with Crippen LogP contribution in [0.3, 0.4) is 0 Å². The average Bonchev–Trinajstić information content (AvgIpc) is 2.24. The summed E-state index contributed by atoms with van der Waals surface area (Å²) in [5.41, 5.74) is 0. The quantitative estimate of drug-likeness (QED) is 0.484. The van der Waals surface area contributed by atoms with E-state index in [-0.39, 0.29) is 18.1 Å². The number of hydrogen-bond acceptors (Lipinski definition) is 3. The van der Waals surface area contributed by atoms with Crippen LogP contribution in [0.4, 0.5) is 0 Å². The van der Waals surface area contributed by atoms with Gasteiger partial charge in [0.2, 0.25) is 0 Å². The van der Waals surface area contributed by atoms with E-state index in [1.807, 2.05) is 14.1 Å². The number of carbonyl (C=O) groups is 2. The van der Waals surface area contributed by atoms with Crippen molar-refractivity contribution >= 4 is 11.7 Å². The molecule has 0 bridgehead atoms. The molecule has 0 aromatic rings. The van der Waals surface area contributed by atoms with Gasteiger partial charge >= 0.3 is 0 Å². The molecule has 1 N–H and O–H groups in total. The third-order valence-electron chi connectivity index (χ3n) is 2.46. The van der Waals surface area contributed by atoms with E-state index in [0.29, 0.717) is 17.6 Å². The van der Waals surface area contributed by atoms with Crippen molar-refractivity contribution in [3.8, 4) is 0 Å². The van der Waals surface area contributed by atoms with Gasteiger partial charge in [-0.1, -0.05) is 0 Å². The van der Waals surface area contributed by atoms with Crippen LogP contribution in [0.25, 0.3) is 0 Å². The Morgan fingerprint density at radius 3 is 2.43 bits per heavy atom. The lowest BCUT2D eigenvalue weighted by Gasteiger charge is -2.33. The molecule has 5 heteroatoms. The van der Waals surface area contributed by atoms with Crippen LogP contribution in [-0.2, 0) is 9.59 Å². The van der Waals surface area contributed by atoms with Crippen molar-refractivity contribution in [1.29, 1.82) is 0 Å². The predicted molar refractivity (Wildman–Crippen MR) is 49.7 cm³/mol. The van der Waals surface area contributed by atoms with Gasteiger partial charge in [-0.3, -0.25) is 9.59 Å². The smallest absolute Gasteiger partial charge is 0.277 e. The molecule has 1 aliphatic heterocycles. The number of nitrogens with zero attached hydrogens (tertiary/aromatic N) is 2. The molecule has 0 unspecified atom stereocenters. The van der Waals surface area contributed by atoms with Crippen LogP contribution in [0.5, 0.6) is 0 Å². The molecule has 80 valence electrons. The summed E-state index contributed by atoms with van der Waals surface area (Å²) in [5, 5.41) is 10.9. The summed E-state index contributed by atoms with van der Waals surface area (Å²) in [6.07, 6.45) is -0.313. The van der Waals surface area contributed by atoms with Crippen molar-refractivity contribution in [2.45, 2.75) is 26.0 Å². The third kappa shape index (κ3) is 2.10. The van der Waals surface area contributed by atoms with E-state index < -0.39 is 6.23 Å². The lowest BCUT2D eigenvalue weighted by Crippen LogP contribution is -2.55. The Morgan fingerprint density at radius 2 is 2.07 bits per heavy atom. The number of Topliss-reactive ketones (excluding diaryl/α,β-unsaturated/α-hetero) is 1. The summed E-state index contributed by atoms with van der Waals surface area (Å²) in [5.74, 6) is -0.471. The number of amides is 1. The Balaban J connectivity index is 2.74. The van der Waals surface area contributed by atoms with E-state index in [1.165, 1.54) is 11.9 Å². The van der Waals surface area contributed by atoms with E-state index in [2.05, 4.69) is 0 Å². The second kappa shape index (κ2) is 3.67. The van der Waals surface area contributed by atoms with E-state index in [4.69, 9.17) is 0 Å². The zero-order chi connectivity index (χ0) is 10.9. The maximum atomic E-state index is 11.6. The molecule has 0 aromatic heterocycles. The maximum Gasteiger partial charge on any atom is 0.277 e. The summed E-state index contributed by atoms with van der Waals surface area (Å²) in [4.78, 5) is 22.4. The first-order chi connectivity index (χ1) is 6.34. The number of carbonyl (C=O) groups excluding carboxylic acids is 2. The minimum absolute atomic E-state index is 0.126. The summed E-state index contributed by atoms with van der Waals surface area (Å²) >= 11 is 0. The van der Waals surface area contributed by atoms with Gasteiger partial charge in [0, 0.05) is 6.42 Å². The fourth-order valence-electron chi connectivity index (χ4n) is 1.78. The highest BCUT2D eigenvalue weighted by Gasteiger charge is 2.42. The van der Waals surface area contributed by atoms with Gasteiger partial charge in [-0.15, -0.1) is 0 Å². The van der Waals surface area contributed by atoms with Gasteiger partial charge in [-0.2, -0.15) is 5.01 Å². The van der Waals surface area contributed by atoms with Crippen LogP contribution < -0.4 is 0 Å². The summed E-state index contributed by atoms with van der Waals surface area (Å²) in [6, 6.07) is 0. The van der Waals surface area contributed by atoms with Gasteiger partial charge in [0.05, 0.1) is 20.5 Å². The minimum Gasteiger partial charge on any atom is -0.369 e. The lowest BCUT2D eigenvalue weighted by molar-refractivity contribution is -0.981. The first-order valence-corrected chi connectivity index (χ1v) is 4.67. The zero-order valence-electron chi connectivity index (χ0n) is 8.86. The number of aliphatic hydroxyl groups is 1. The predicted octanol–water partition coefficient (Wildman–Crippen LogP) is -0.492. The van der Waals surface area contributed by atoms with Crippen molar-refractivity contribution in [1.82, 2.24) is 5.01 Å². The maximum absolute atomic E-state index is 11.6. The van der Waals surface area contributed by atoms with Gasteiger partial charge in [0.1, 0.15) is 12.3 Å². The Kier molecular flexibility index (Phi) is 2.92. The number of ketones is 1. The standard InChI is InChI=1S/C9H17N2O3/c1-7(12)6-9(14)10-8(13)4-5-11(10,2)3/h8,13H,4-6H2,1-3H3/q+1/t8-/m1/s1. The molecule has 1 amide bonds. The highest BCUT2D eigenvalue weighted by Crippen LogP contribution is 2.22. The molecule has 1 atom stereocenters. The first kappa shape index (κ1) is 11.1. The number of quaternary nitrogens is 1. The van der Waals surface area contributed by atoms with Crippen molar-refractivity contribution in [2.75, 3.05) is 20.6 Å². The molecule has 5 nitrogen and oxygen atoms in total. The summed E-state index contributed by atoms with van der Waals surface area (Å²) < 4.78 is 0.327. The summed E-state index contributed by atoms with van der Waals surface area (Å²) in [6.45, 7) is 2.09. The van der Waals surface area contributed by atoms with Crippen molar-refractivity contribution < 1.29 is 19.3 Å². The molecule has 1 rings (SSSR count). The van der Waals surface area contributed by atoms with Crippen LogP contribution in [0.1, 0.15) is 19.8 Å². The molecule has 0 spiro atoms. The van der Waals surface area contributed by atoms with Crippen LogP contribution >= 0.6 is 0 Å². The van der Waals surface area contributed by atoms with Crippen molar-refractivity contribution in [3.63, 3.8) is 0 Å². The van der Waals surface area contributed by atoms with E-state index in [9.17, 15) is 14.7 Å². The van der Waals surface area contributed by atoms with Gasteiger partial charge in [0.15, 0.2) is 6.23 Å². The first-order valence-electron chi connectivity index (χ1n) is 4.67. The number of aliphatic hydroxyl groups excluding tert-OH is 1. The molecule has 1 aliphatic rings. The highest BCUT2D eigenvalue weighted by atomic mass is 16.3. The van der Waals surface area contributed by atoms with Gasteiger partial charge in [-0.25, -0.2) is 4.59 Å². The monoisotopic (exact) mass is 201 g/mol. The SMILES string of the molecule is CC(=O)CC(=O)N1[C@H](O)CC[N+]1(C)C. The fraction of sp³-hybridized carbons (Fsp3) is 0.778. The summed E-state index contributed by atoms with van der Waals surface area (Å²) in [7, 11) is 3.68. The van der Waals surface area contributed by atoms with Gasteiger partial charge < -0.3 is 5.11 Å². The molecular weight excluding hydrogens is 184 g/mol. The molecule has 0 aromatic carbocycles. The highest BCUT2D eigenvalue weighted by molar-refractivity contribution is 5.96. The normalized spacial score (nSPS) is 25.1. The lowest BCUT2D eigenvalue weighted by atomic mass is 10.3. The molecule has 0 saturated carbocycles. The van der Waals surface area contributed by atoms with Crippen LogP contribution in [-0.4, -0.2) is 53.3 Å². The Morgan fingerprint density at radius 1 is 1.50 bits per heavy atom. The molecule has 0 radical (unpaired) electrons. The van der Waals surface area contributed by atoms with Crippen molar-refractivity contribution in [2.24, 2.45) is 0 Å². The second-order valence-corrected chi connectivity index (χ2v) is 4.23. The molecule has 0 aliphatic carbocycles. The van der Waals surface area contributed by atoms with Gasteiger partial charge in [-0.05, 0) is 6.92 Å². The average molecular weight is 201 g/mol. The zero-order valence-corrected chi connectivity index (χ0v) is 8.86.